The standard InChI is InChI=1S/C14H22N2O2S/c1-11-5-7-13(8-6-11)16-10-12-3-2-4-14(9-12)19(15,17)18/h2-4,9,11,13,16H,5-8,10H2,1H3,(H2,15,17,18). The van der Waals surface area contributed by atoms with Gasteiger partial charge in [0, 0.05) is 12.6 Å². The van der Waals surface area contributed by atoms with Crippen molar-refractivity contribution in [2.45, 2.75) is 50.1 Å². The van der Waals surface area contributed by atoms with Crippen LogP contribution in [0.3, 0.4) is 0 Å². The smallest absolute Gasteiger partial charge is 0.238 e. The molecule has 1 saturated carbocycles. The van der Waals surface area contributed by atoms with Crippen LogP contribution >= 0.6 is 0 Å². The summed E-state index contributed by atoms with van der Waals surface area (Å²) in [7, 11) is -3.60. The first-order chi connectivity index (χ1) is 8.95. The molecule has 0 amide bonds. The van der Waals surface area contributed by atoms with E-state index in [1.54, 1.807) is 12.1 Å². The van der Waals surface area contributed by atoms with Gasteiger partial charge in [0.1, 0.15) is 0 Å². The van der Waals surface area contributed by atoms with Crippen molar-refractivity contribution in [1.29, 1.82) is 0 Å². The molecule has 0 radical (unpaired) electrons. The van der Waals surface area contributed by atoms with Gasteiger partial charge in [0.05, 0.1) is 4.90 Å². The lowest BCUT2D eigenvalue weighted by molar-refractivity contribution is 0.306. The van der Waals surface area contributed by atoms with Crippen molar-refractivity contribution >= 4 is 10.0 Å². The molecule has 0 aliphatic heterocycles. The molecular formula is C14H22N2O2S. The van der Waals surface area contributed by atoms with Gasteiger partial charge in [-0.2, -0.15) is 0 Å². The summed E-state index contributed by atoms with van der Waals surface area (Å²) >= 11 is 0. The van der Waals surface area contributed by atoms with E-state index in [0.29, 0.717) is 12.6 Å². The molecule has 106 valence electrons. The highest BCUT2D eigenvalue weighted by Crippen LogP contribution is 2.23. The zero-order valence-corrected chi connectivity index (χ0v) is 12.1. The lowest BCUT2D eigenvalue weighted by atomic mass is 9.87. The van der Waals surface area contributed by atoms with Gasteiger partial charge in [-0.15, -0.1) is 0 Å². The Bertz CT molecular complexity index is 520. The summed E-state index contributed by atoms with van der Waals surface area (Å²) in [6, 6.07) is 7.39. The number of hydrogen-bond donors (Lipinski definition) is 2. The predicted molar refractivity (Wildman–Crippen MR) is 76.1 cm³/mol. The summed E-state index contributed by atoms with van der Waals surface area (Å²) in [6.45, 7) is 2.99. The van der Waals surface area contributed by atoms with Crippen LogP contribution < -0.4 is 10.5 Å². The van der Waals surface area contributed by atoms with E-state index in [2.05, 4.69) is 12.2 Å². The predicted octanol–water partition coefficient (Wildman–Crippen LogP) is 2.00. The van der Waals surface area contributed by atoms with Gasteiger partial charge in [0.2, 0.25) is 10.0 Å². The zero-order valence-electron chi connectivity index (χ0n) is 11.3. The van der Waals surface area contributed by atoms with E-state index in [-0.39, 0.29) is 4.90 Å². The van der Waals surface area contributed by atoms with Gasteiger partial charge >= 0.3 is 0 Å². The van der Waals surface area contributed by atoms with Gasteiger partial charge in [-0.25, -0.2) is 13.6 Å². The van der Waals surface area contributed by atoms with Crippen molar-refractivity contribution in [2.24, 2.45) is 11.1 Å². The van der Waals surface area contributed by atoms with Gasteiger partial charge in [-0.1, -0.05) is 19.1 Å². The Balaban J connectivity index is 1.93. The molecule has 2 rings (SSSR count). The molecule has 1 fully saturated rings. The second kappa shape index (κ2) is 6.03. The normalized spacial score (nSPS) is 24.3. The van der Waals surface area contributed by atoms with E-state index in [0.717, 1.165) is 11.5 Å². The molecule has 19 heavy (non-hydrogen) atoms. The van der Waals surface area contributed by atoms with E-state index in [4.69, 9.17) is 5.14 Å². The van der Waals surface area contributed by atoms with Crippen LogP contribution in [0, 0.1) is 5.92 Å². The topological polar surface area (TPSA) is 72.2 Å². The van der Waals surface area contributed by atoms with E-state index >= 15 is 0 Å². The van der Waals surface area contributed by atoms with Gasteiger partial charge in [0.15, 0.2) is 0 Å². The molecule has 0 aromatic heterocycles. The molecule has 0 spiro atoms. The fraction of sp³-hybridized carbons (Fsp3) is 0.571. The molecule has 0 atom stereocenters. The van der Waals surface area contributed by atoms with Gasteiger partial charge < -0.3 is 5.32 Å². The second-order valence-corrected chi connectivity index (χ2v) is 7.09. The third-order valence-electron chi connectivity index (χ3n) is 3.84. The number of nitrogens with one attached hydrogen (secondary N) is 1. The molecule has 1 aromatic rings. The fourth-order valence-corrected chi connectivity index (χ4v) is 3.14. The summed E-state index contributed by atoms with van der Waals surface area (Å²) in [4.78, 5) is 0.184. The van der Waals surface area contributed by atoms with Crippen LogP contribution in [-0.2, 0) is 16.6 Å². The summed E-state index contributed by atoms with van der Waals surface area (Å²) in [5.74, 6) is 0.837. The van der Waals surface area contributed by atoms with Crippen molar-refractivity contribution in [2.75, 3.05) is 0 Å². The summed E-state index contributed by atoms with van der Waals surface area (Å²) in [6.07, 6.45) is 4.95. The molecular weight excluding hydrogens is 260 g/mol. The van der Waals surface area contributed by atoms with Crippen molar-refractivity contribution < 1.29 is 8.42 Å². The lowest BCUT2D eigenvalue weighted by Crippen LogP contribution is -2.32. The van der Waals surface area contributed by atoms with Crippen molar-refractivity contribution in [3.8, 4) is 0 Å². The first kappa shape index (κ1) is 14.5. The largest absolute Gasteiger partial charge is 0.310 e. The highest BCUT2D eigenvalue weighted by Gasteiger charge is 2.17. The molecule has 1 aliphatic rings. The highest BCUT2D eigenvalue weighted by atomic mass is 32.2. The zero-order chi connectivity index (χ0) is 13.9. The number of sulfonamides is 1. The van der Waals surface area contributed by atoms with E-state index in [1.165, 1.54) is 31.7 Å². The Kier molecular flexibility index (Phi) is 4.60. The minimum Gasteiger partial charge on any atom is -0.310 e. The Labute approximate surface area is 115 Å². The monoisotopic (exact) mass is 282 g/mol. The van der Waals surface area contributed by atoms with Crippen LogP contribution in [0.4, 0.5) is 0 Å². The SMILES string of the molecule is CC1CCC(NCc2cccc(S(N)(=O)=O)c2)CC1. The molecule has 0 bridgehead atoms. The molecule has 0 unspecified atom stereocenters. The van der Waals surface area contributed by atoms with E-state index < -0.39 is 10.0 Å². The molecule has 5 heteroatoms. The Morgan fingerprint density at radius 2 is 1.95 bits per heavy atom. The second-order valence-electron chi connectivity index (χ2n) is 5.53. The summed E-state index contributed by atoms with van der Waals surface area (Å²) in [5, 5.41) is 8.63. The van der Waals surface area contributed by atoms with Crippen LogP contribution in [0.2, 0.25) is 0 Å². The average Bonchev–Trinajstić information content (AvgIpc) is 2.37. The lowest BCUT2D eigenvalue weighted by Gasteiger charge is -2.27. The third kappa shape index (κ3) is 4.30. The van der Waals surface area contributed by atoms with Crippen LogP contribution in [0.5, 0.6) is 0 Å². The fourth-order valence-electron chi connectivity index (χ4n) is 2.56. The van der Waals surface area contributed by atoms with Gasteiger partial charge in [0.25, 0.3) is 0 Å². The van der Waals surface area contributed by atoms with Crippen LogP contribution in [0.25, 0.3) is 0 Å². The molecule has 0 saturated heterocycles. The highest BCUT2D eigenvalue weighted by molar-refractivity contribution is 7.89. The van der Waals surface area contributed by atoms with Crippen molar-refractivity contribution in [3.63, 3.8) is 0 Å². The number of primary sulfonamides is 1. The third-order valence-corrected chi connectivity index (χ3v) is 4.75. The number of hydrogen-bond acceptors (Lipinski definition) is 3. The first-order valence-electron chi connectivity index (χ1n) is 6.80. The maximum Gasteiger partial charge on any atom is 0.238 e. The number of nitrogens with two attached hydrogens (primary N) is 1. The molecule has 1 aromatic carbocycles. The summed E-state index contributed by atoms with van der Waals surface area (Å²) < 4.78 is 22.6. The van der Waals surface area contributed by atoms with E-state index in [9.17, 15) is 8.42 Å². The first-order valence-corrected chi connectivity index (χ1v) is 8.35. The molecule has 4 nitrogen and oxygen atoms in total. The Morgan fingerprint density at radius 3 is 2.58 bits per heavy atom. The average molecular weight is 282 g/mol. The molecule has 0 heterocycles. The van der Waals surface area contributed by atoms with Gasteiger partial charge in [-0.05, 0) is 49.3 Å². The number of benzene rings is 1. The van der Waals surface area contributed by atoms with Crippen LogP contribution in [-0.4, -0.2) is 14.5 Å². The Hall–Kier alpha value is -0.910. The molecule has 1 aliphatic carbocycles. The minimum atomic E-state index is -3.60. The number of rotatable bonds is 4. The maximum atomic E-state index is 11.3. The van der Waals surface area contributed by atoms with Gasteiger partial charge in [-0.3, -0.25) is 0 Å². The quantitative estimate of drug-likeness (QED) is 0.887. The Morgan fingerprint density at radius 1 is 1.26 bits per heavy atom. The molecule has 3 N–H and O–H groups in total. The maximum absolute atomic E-state index is 11.3. The van der Waals surface area contributed by atoms with Crippen molar-refractivity contribution in [1.82, 2.24) is 5.32 Å². The van der Waals surface area contributed by atoms with E-state index in [1.807, 2.05) is 6.07 Å². The summed E-state index contributed by atoms with van der Waals surface area (Å²) in [5.41, 5.74) is 0.963. The van der Waals surface area contributed by atoms with Crippen molar-refractivity contribution in [3.05, 3.63) is 29.8 Å². The van der Waals surface area contributed by atoms with Crippen LogP contribution in [0.15, 0.2) is 29.2 Å². The van der Waals surface area contributed by atoms with Crippen LogP contribution in [0.1, 0.15) is 38.2 Å². The minimum absolute atomic E-state index is 0.184.